The van der Waals surface area contributed by atoms with E-state index < -0.39 is 12.1 Å². The Kier molecular flexibility index (Phi) is 4.96. The minimum Gasteiger partial charge on any atom is -0.496 e. The fraction of sp³-hybridized carbons (Fsp3) is 0.294. The normalized spacial score (nSPS) is 17.4. The van der Waals surface area contributed by atoms with Gasteiger partial charge in [0.25, 0.3) is 5.91 Å². The van der Waals surface area contributed by atoms with E-state index in [1.54, 1.807) is 12.1 Å². The Morgan fingerprint density at radius 1 is 1.32 bits per heavy atom. The Hall–Kier alpha value is -2.51. The highest BCUT2D eigenvalue weighted by Crippen LogP contribution is 2.31. The third kappa shape index (κ3) is 3.47. The number of carbonyl (C=O) groups excluding carboxylic acids is 1. The molecule has 2 heterocycles. The molecule has 132 valence electrons. The van der Waals surface area contributed by atoms with Gasteiger partial charge in [-0.2, -0.15) is 0 Å². The lowest BCUT2D eigenvalue weighted by Gasteiger charge is -2.31. The van der Waals surface area contributed by atoms with Crippen molar-refractivity contribution in [2.75, 3.05) is 26.8 Å². The molecule has 1 aromatic heterocycles. The summed E-state index contributed by atoms with van der Waals surface area (Å²) in [6.07, 6.45) is 2.64. The van der Waals surface area contributed by atoms with Crippen LogP contribution in [0.15, 0.2) is 36.7 Å². The molecule has 1 aliphatic heterocycles. The van der Waals surface area contributed by atoms with Crippen molar-refractivity contribution >= 4 is 23.5 Å². The Bertz CT molecular complexity index is 791. The van der Waals surface area contributed by atoms with Crippen LogP contribution in [0.3, 0.4) is 0 Å². The van der Waals surface area contributed by atoms with Crippen molar-refractivity contribution < 1.29 is 24.2 Å². The number of methoxy groups -OCH3 is 1. The molecule has 0 radical (unpaired) electrons. The summed E-state index contributed by atoms with van der Waals surface area (Å²) < 4.78 is 12.3. The smallest absolute Gasteiger partial charge is 0.334 e. The summed E-state index contributed by atoms with van der Waals surface area (Å²) in [6.45, 7) is 0.456. The molecule has 0 unspecified atom stereocenters. The molecule has 25 heavy (non-hydrogen) atoms. The number of carboxylic acid groups (broad SMARTS) is 1. The van der Waals surface area contributed by atoms with Crippen molar-refractivity contribution in [3.8, 4) is 11.4 Å². The molecule has 7 nitrogen and oxygen atoms in total. The van der Waals surface area contributed by atoms with E-state index in [4.69, 9.17) is 26.2 Å². The second kappa shape index (κ2) is 7.16. The van der Waals surface area contributed by atoms with E-state index in [1.165, 1.54) is 12.0 Å². The summed E-state index contributed by atoms with van der Waals surface area (Å²) in [4.78, 5) is 25.4. The number of amides is 1. The molecule has 0 bridgehead atoms. The maximum Gasteiger partial charge on any atom is 0.334 e. The molecule has 8 heteroatoms. The van der Waals surface area contributed by atoms with Crippen LogP contribution >= 0.6 is 11.6 Å². The van der Waals surface area contributed by atoms with Crippen LogP contribution in [-0.4, -0.2) is 59.4 Å². The van der Waals surface area contributed by atoms with Crippen molar-refractivity contribution in [2.24, 2.45) is 0 Å². The second-order valence-electron chi connectivity index (χ2n) is 5.54. The molecule has 1 amide bonds. The van der Waals surface area contributed by atoms with Gasteiger partial charge in [-0.25, -0.2) is 4.79 Å². The number of rotatable bonds is 4. The van der Waals surface area contributed by atoms with Gasteiger partial charge >= 0.3 is 5.97 Å². The van der Waals surface area contributed by atoms with Crippen molar-refractivity contribution in [3.63, 3.8) is 0 Å². The van der Waals surface area contributed by atoms with Gasteiger partial charge in [-0.3, -0.25) is 4.79 Å². The molecule has 3 rings (SSSR count). The first-order valence-corrected chi connectivity index (χ1v) is 8.03. The molecule has 0 spiro atoms. The van der Waals surface area contributed by atoms with Crippen LogP contribution in [0.2, 0.25) is 5.02 Å². The highest BCUT2D eigenvalue weighted by Gasteiger charge is 2.31. The number of hydrogen-bond donors (Lipinski definition) is 1. The standard InChI is InChI=1S/C17H17ClN2O5/c1-24-14-9-13(19-4-2-3-5-19)12(18)8-11(14)16(21)20-6-7-25-15(10-20)17(22)23/h2-5,8-9,15H,6-7,10H2,1H3,(H,22,23)/t15-/m1/s1. The topological polar surface area (TPSA) is 81.0 Å². The lowest BCUT2D eigenvalue weighted by molar-refractivity contribution is -0.154. The predicted octanol–water partition coefficient (Wildman–Crippen LogP) is 2.06. The SMILES string of the molecule is COc1cc(-n2cccc2)c(Cl)cc1C(=O)N1CCO[C@@H](C(=O)O)C1. The summed E-state index contributed by atoms with van der Waals surface area (Å²) in [5, 5.41) is 9.48. The molecule has 1 fully saturated rings. The predicted molar refractivity (Wildman–Crippen MR) is 90.6 cm³/mol. The zero-order valence-corrected chi connectivity index (χ0v) is 14.3. The molecular formula is C17H17ClN2O5. The van der Waals surface area contributed by atoms with Gasteiger partial charge in [-0.05, 0) is 18.2 Å². The van der Waals surface area contributed by atoms with Gasteiger partial charge in [0.1, 0.15) is 5.75 Å². The Morgan fingerprint density at radius 2 is 2.04 bits per heavy atom. The van der Waals surface area contributed by atoms with Gasteiger partial charge in [0.2, 0.25) is 0 Å². The third-order valence-electron chi connectivity index (χ3n) is 4.01. The molecule has 1 aromatic carbocycles. The highest BCUT2D eigenvalue weighted by atomic mass is 35.5. The molecule has 0 aliphatic carbocycles. The quantitative estimate of drug-likeness (QED) is 0.898. The first kappa shape index (κ1) is 17.3. The van der Waals surface area contributed by atoms with E-state index >= 15 is 0 Å². The zero-order valence-electron chi connectivity index (χ0n) is 13.5. The number of carbonyl (C=O) groups is 2. The maximum atomic E-state index is 12.8. The lowest BCUT2D eigenvalue weighted by Crippen LogP contribution is -2.48. The van der Waals surface area contributed by atoms with Crippen molar-refractivity contribution in [3.05, 3.63) is 47.2 Å². The van der Waals surface area contributed by atoms with Gasteiger partial charge in [0.05, 0.1) is 36.5 Å². The number of aromatic nitrogens is 1. The number of nitrogens with zero attached hydrogens (tertiary/aromatic N) is 2. The fourth-order valence-electron chi connectivity index (χ4n) is 2.73. The van der Waals surface area contributed by atoms with E-state index in [1.807, 2.05) is 29.1 Å². The average Bonchev–Trinajstić information content (AvgIpc) is 3.15. The first-order valence-electron chi connectivity index (χ1n) is 7.66. The molecule has 1 aliphatic rings. The van der Waals surface area contributed by atoms with E-state index in [-0.39, 0.29) is 24.6 Å². The van der Waals surface area contributed by atoms with E-state index in [0.29, 0.717) is 23.0 Å². The molecule has 2 aromatic rings. The van der Waals surface area contributed by atoms with E-state index in [2.05, 4.69) is 0 Å². The molecule has 1 N–H and O–H groups in total. The number of aliphatic carboxylic acids is 1. The minimum absolute atomic E-state index is 0.0196. The maximum absolute atomic E-state index is 12.8. The number of benzene rings is 1. The summed E-state index contributed by atoms with van der Waals surface area (Å²) in [6, 6.07) is 6.96. The van der Waals surface area contributed by atoms with Gasteiger partial charge in [0, 0.05) is 25.0 Å². The largest absolute Gasteiger partial charge is 0.496 e. The Labute approximate surface area is 149 Å². The second-order valence-corrected chi connectivity index (χ2v) is 5.95. The monoisotopic (exact) mass is 364 g/mol. The molecular weight excluding hydrogens is 348 g/mol. The highest BCUT2D eigenvalue weighted by molar-refractivity contribution is 6.33. The van der Waals surface area contributed by atoms with Crippen LogP contribution < -0.4 is 4.74 Å². The molecule has 0 saturated carbocycles. The number of carboxylic acids is 1. The number of morpholine rings is 1. The Balaban J connectivity index is 1.92. The van der Waals surface area contributed by atoms with E-state index in [0.717, 1.165) is 0 Å². The average molecular weight is 365 g/mol. The minimum atomic E-state index is -1.09. The van der Waals surface area contributed by atoms with Crippen LogP contribution in [0.5, 0.6) is 5.75 Å². The first-order chi connectivity index (χ1) is 12.0. The summed E-state index contributed by atoms with van der Waals surface area (Å²) in [5.74, 6) is -1.06. The van der Waals surface area contributed by atoms with Gasteiger partial charge in [-0.15, -0.1) is 0 Å². The summed E-state index contributed by atoms with van der Waals surface area (Å²) >= 11 is 6.35. The van der Waals surface area contributed by atoms with Crippen LogP contribution in [0.25, 0.3) is 5.69 Å². The summed E-state index contributed by atoms with van der Waals surface area (Å²) in [7, 11) is 1.47. The zero-order chi connectivity index (χ0) is 18.0. The number of halogens is 1. The van der Waals surface area contributed by atoms with Crippen molar-refractivity contribution in [1.82, 2.24) is 9.47 Å². The van der Waals surface area contributed by atoms with Gasteiger partial charge in [0.15, 0.2) is 6.10 Å². The van der Waals surface area contributed by atoms with Gasteiger partial charge < -0.3 is 24.0 Å². The number of hydrogen-bond acceptors (Lipinski definition) is 4. The van der Waals surface area contributed by atoms with Crippen LogP contribution in [0, 0.1) is 0 Å². The van der Waals surface area contributed by atoms with Crippen LogP contribution in [0.1, 0.15) is 10.4 Å². The van der Waals surface area contributed by atoms with Crippen LogP contribution in [-0.2, 0) is 9.53 Å². The van der Waals surface area contributed by atoms with Crippen molar-refractivity contribution in [1.29, 1.82) is 0 Å². The lowest BCUT2D eigenvalue weighted by atomic mass is 10.1. The van der Waals surface area contributed by atoms with E-state index in [9.17, 15) is 9.59 Å². The third-order valence-corrected chi connectivity index (χ3v) is 4.31. The van der Waals surface area contributed by atoms with Crippen molar-refractivity contribution in [2.45, 2.75) is 6.10 Å². The Morgan fingerprint density at radius 3 is 2.68 bits per heavy atom. The van der Waals surface area contributed by atoms with Crippen LogP contribution in [0.4, 0.5) is 0 Å². The fourth-order valence-corrected chi connectivity index (χ4v) is 2.99. The van der Waals surface area contributed by atoms with Gasteiger partial charge in [-0.1, -0.05) is 11.6 Å². The molecule has 1 atom stereocenters. The number of ether oxygens (including phenoxy) is 2. The summed E-state index contributed by atoms with van der Waals surface area (Å²) in [5.41, 5.74) is 0.972. The molecule has 1 saturated heterocycles.